The average molecular weight is 277 g/mol. The lowest BCUT2D eigenvalue weighted by molar-refractivity contribution is -0.122. The van der Waals surface area contributed by atoms with Crippen molar-refractivity contribution in [2.24, 2.45) is 5.92 Å². The molecule has 2 fully saturated rings. The van der Waals surface area contributed by atoms with E-state index in [4.69, 9.17) is 16.9 Å². The van der Waals surface area contributed by atoms with Crippen molar-refractivity contribution in [1.82, 2.24) is 10.3 Å². The van der Waals surface area contributed by atoms with Gasteiger partial charge in [-0.2, -0.15) is 5.26 Å². The smallest absolute Gasteiger partial charge is 0.225 e. The van der Waals surface area contributed by atoms with E-state index in [-0.39, 0.29) is 17.9 Å². The zero-order valence-electron chi connectivity index (χ0n) is 10.3. The summed E-state index contributed by atoms with van der Waals surface area (Å²) in [5.41, 5.74) is 0.495. The van der Waals surface area contributed by atoms with Crippen molar-refractivity contribution in [3.8, 4) is 6.07 Å². The number of nitrogens with zero attached hydrogens (tertiary/aromatic N) is 3. The number of aromatic nitrogens is 1. The van der Waals surface area contributed by atoms with E-state index in [2.05, 4.69) is 21.3 Å². The van der Waals surface area contributed by atoms with Crippen LogP contribution in [0.2, 0.25) is 5.15 Å². The molecule has 0 aromatic carbocycles. The highest BCUT2D eigenvalue weighted by molar-refractivity contribution is 6.29. The van der Waals surface area contributed by atoms with E-state index >= 15 is 0 Å². The third-order valence-corrected chi connectivity index (χ3v) is 4.00. The molecule has 2 saturated heterocycles. The predicted octanol–water partition coefficient (Wildman–Crippen LogP) is 1.32. The van der Waals surface area contributed by atoms with Crippen molar-refractivity contribution < 1.29 is 4.79 Å². The lowest BCUT2D eigenvalue weighted by atomic mass is 9.91. The molecule has 1 amide bonds. The summed E-state index contributed by atoms with van der Waals surface area (Å²) in [7, 11) is 0. The molecule has 1 N–H and O–H groups in total. The van der Waals surface area contributed by atoms with Crippen molar-refractivity contribution in [1.29, 1.82) is 5.26 Å². The van der Waals surface area contributed by atoms with Crippen molar-refractivity contribution in [2.75, 3.05) is 18.0 Å². The number of piperidine rings is 1. The van der Waals surface area contributed by atoms with Crippen LogP contribution in [-0.4, -0.2) is 30.0 Å². The first-order chi connectivity index (χ1) is 9.19. The van der Waals surface area contributed by atoms with Crippen LogP contribution in [0.15, 0.2) is 12.1 Å². The van der Waals surface area contributed by atoms with Crippen LogP contribution < -0.4 is 10.2 Å². The van der Waals surface area contributed by atoms with Crippen LogP contribution in [-0.2, 0) is 4.79 Å². The molecule has 6 heteroatoms. The van der Waals surface area contributed by atoms with Gasteiger partial charge in [0.1, 0.15) is 11.0 Å². The number of nitrogens with one attached hydrogen (secondary N) is 1. The van der Waals surface area contributed by atoms with Crippen molar-refractivity contribution in [2.45, 2.75) is 18.9 Å². The molecule has 0 spiro atoms. The number of amides is 1. The summed E-state index contributed by atoms with van der Waals surface area (Å²) in [6.07, 6.45) is 1.86. The van der Waals surface area contributed by atoms with Crippen LogP contribution in [0, 0.1) is 17.2 Å². The summed E-state index contributed by atoms with van der Waals surface area (Å²) in [5, 5.41) is 12.2. The van der Waals surface area contributed by atoms with Crippen LogP contribution >= 0.6 is 11.6 Å². The van der Waals surface area contributed by atoms with Gasteiger partial charge in [-0.1, -0.05) is 11.6 Å². The number of anilines is 1. The predicted molar refractivity (Wildman–Crippen MR) is 70.8 cm³/mol. The highest BCUT2D eigenvalue weighted by atomic mass is 35.5. The topological polar surface area (TPSA) is 69.0 Å². The molecular weight excluding hydrogens is 264 g/mol. The standard InChI is InChI=1S/C13H13ClN4O/c14-11-4-8(6-15)5-12(17-11)18-3-1-2-9-10(18)7-16-13(9)19/h4-5,9-10H,1-3,7H2,(H,16,19). The molecule has 1 aromatic rings. The number of pyridine rings is 1. The molecule has 3 rings (SSSR count). The van der Waals surface area contributed by atoms with Crippen LogP contribution in [0.4, 0.5) is 5.82 Å². The summed E-state index contributed by atoms with van der Waals surface area (Å²) >= 11 is 5.95. The van der Waals surface area contributed by atoms with E-state index in [1.165, 1.54) is 0 Å². The highest BCUT2D eigenvalue weighted by Crippen LogP contribution is 2.31. The minimum absolute atomic E-state index is 0.0278. The van der Waals surface area contributed by atoms with Crippen LogP contribution in [0.25, 0.3) is 0 Å². The summed E-state index contributed by atoms with van der Waals surface area (Å²) in [4.78, 5) is 18.1. The molecule has 2 aliphatic heterocycles. The van der Waals surface area contributed by atoms with Gasteiger partial charge in [-0.05, 0) is 25.0 Å². The Kier molecular flexibility index (Phi) is 3.03. The molecule has 2 atom stereocenters. The summed E-state index contributed by atoms with van der Waals surface area (Å²) in [6.45, 7) is 1.48. The van der Waals surface area contributed by atoms with Gasteiger partial charge in [0.05, 0.1) is 23.6 Å². The molecule has 0 bridgehead atoms. The van der Waals surface area contributed by atoms with Gasteiger partial charge >= 0.3 is 0 Å². The SMILES string of the molecule is N#Cc1cc(Cl)nc(N2CCCC3C(=O)NCC32)c1. The van der Waals surface area contributed by atoms with Gasteiger partial charge in [-0.25, -0.2) is 4.98 Å². The normalized spacial score (nSPS) is 25.7. The van der Waals surface area contributed by atoms with Gasteiger partial charge in [0, 0.05) is 13.1 Å². The highest BCUT2D eigenvalue weighted by Gasteiger charge is 2.41. The lowest BCUT2D eigenvalue weighted by Crippen LogP contribution is -2.46. The Morgan fingerprint density at radius 3 is 3.16 bits per heavy atom. The number of halogens is 1. The van der Waals surface area contributed by atoms with E-state index in [9.17, 15) is 4.79 Å². The third-order valence-electron chi connectivity index (χ3n) is 3.81. The number of fused-ring (bicyclic) bond motifs is 1. The molecule has 1 aromatic heterocycles. The average Bonchev–Trinajstić information content (AvgIpc) is 2.80. The zero-order chi connectivity index (χ0) is 13.4. The first-order valence-electron chi connectivity index (χ1n) is 6.31. The molecule has 0 aliphatic carbocycles. The third kappa shape index (κ3) is 2.13. The van der Waals surface area contributed by atoms with E-state index in [1.54, 1.807) is 12.1 Å². The Bertz CT molecular complexity index is 568. The van der Waals surface area contributed by atoms with Crippen molar-refractivity contribution in [3.05, 3.63) is 22.8 Å². The fraction of sp³-hybridized carbons (Fsp3) is 0.462. The minimum Gasteiger partial charge on any atom is -0.354 e. The van der Waals surface area contributed by atoms with E-state index in [0.717, 1.165) is 19.4 Å². The first kappa shape index (κ1) is 12.2. The number of carbonyl (C=O) groups is 1. The second-order valence-electron chi connectivity index (χ2n) is 4.90. The molecule has 2 aliphatic rings. The largest absolute Gasteiger partial charge is 0.354 e. The van der Waals surface area contributed by atoms with Crippen LogP contribution in [0.1, 0.15) is 18.4 Å². The lowest BCUT2D eigenvalue weighted by Gasteiger charge is -2.36. The van der Waals surface area contributed by atoms with Gasteiger partial charge in [-0.3, -0.25) is 4.79 Å². The number of hydrogen-bond donors (Lipinski definition) is 1. The monoisotopic (exact) mass is 276 g/mol. The van der Waals surface area contributed by atoms with Crippen molar-refractivity contribution >= 4 is 23.3 Å². The fourth-order valence-electron chi connectivity index (χ4n) is 2.93. The van der Waals surface area contributed by atoms with Crippen LogP contribution in [0.3, 0.4) is 0 Å². The van der Waals surface area contributed by atoms with Gasteiger partial charge in [0.15, 0.2) is 0 Å². The Labute approximate surface area is 116 Å². The molecule has 19 heavy (non-hydrogen) atoms. The number of carbonyl (C=O) groups excluding carboxylic acids is 1. The van der Waals surface area contributed by atoms with Gasteiger partial charge in [0.2, 0.25) is 5.91 Å². The van der Waals surface area contributed by atoms with Gasteiger partial charge in [-0.15, -0.1) is 0 Å². The Morgan fingerprint density at radius 2 is 2.37 bits per heavy atom. The molecule has 98 valence electrons. The number of hydrogen-bond acceptors (Lipinski definition) is 4. The minimum atomic E-state index is 0.0278. The molecule has 3 heterocycles. The molecule has 5 nitrogen and oxygen atoms in total. The summed E-state index contributed by atoms with van der Waals surface area (Å²) in [6, 6.07) is 5.49. The van der Waals surface area contributed by atoms with E-state index in [0.29, 0.717) is 23.1 Å². The second kappa shape index (κ2) is 4.71. The summed E-state index contributed by atoms with van der Waals surface area (Å²) in [5.74, 6) is 0.840. The number of rotatable bonds is 1. The maximum absolute atomic E-state index is 11.7. The second-order valence-corrected chi connectivity index (χ2v) is 5.29. The Balaban J connectivity index is 1.95. The molecule has 0 saturated carbocycles. The molecule has 0 radical (unpaired) electrons. The maximum atomic E-state index is 11.7. The number of nitriles is 1. The first-order valence-corrected chi connectivity index (χ1v) is 6.69. The summed E-state index contributed by atoms with van der Waals surface area (Å²) < 4.78 is 0. The zero-order valence-corrected chi connectivity index (χ0v) is 11.0. The van der Waals surface area contributed by atoms with Gasteiger partial charge in [0.25, 0.3) is 0 Å². The van der Waals surface area contributed by atoms with Crippen LogP contribution in [0.5, 0.6) is 0 Å². The Morgan fingerprint density at radius 1 is 1.53 bits per heavy atom. The Hall–Kier alpha value is -1.80. The fourth-order valence-corrected chi connectivity index (χ4v) is 3.13. The van der Waals surface area contributed by atoms with Crippen molar-refractivity contribution in [3.63, 3.8) is 0 Å². The molecular formula is C13H13ClN4O. The quantitative estimate of drug-likeness (QED) is 0.786. The maximum Gasteiger partial charge on any atom is 0.225 e. The van der Waals surface area contributed by atoms with Gasteiger partial charge < -0.3 is 10.2 Å². The molecule has 2 unspecified atom stereocenters. The van der Waals surface area contributed by atoms with E-state index < -0.39 is 0 Å². The van der Waals surface area contributed by atoms with E-state index in [1.807, 2.05) is 0 Å².